The van der Waals surface area contributed by atoms with E-state index < -0.39 is 70.2 Å². The van der Waals surface area contributed by atoms with Crippen molar-refractivity contribution in [1.82, 2.24) is 4.90 Å². The van der Waals surface area contributed by atoms with Gasteiger partial charge in [0, 0.05) is 47.5 Å². The molecule has 0 radical (unpaired) electrons. The molecular formula is C64H82F9NO7. The van der Waals surface area contributed by atoms with Crippen molar-refractivity contribution in [3.8, 4) is 17.2 Å². The molecule has 1 amide bonds. The largest absolute Gasteiger partial charge is 0.490 e. The lowest BCUT2D eigenvalue weighted by Crippen LogP contribution is -2.64. The number of ketones is 3. The van der Waals surface area contributed by atoms with Gasteiger partial charge in [0.15, 0.2) is 0 Å². The van der Waals surface area contributed by atoms with Crippen LogP contribution in [0.3, 0.4) is 0 Å². The van der Waals surface area contributed by atoms with Gasteiger partial charge in [0.25, 0.3) is 17.3 Å². The minimum absolute atomic E-state index is 0.0127. The SMILES string of the molecule is CCCCCCCCN(CCCCCCCC)C(=O)CC[C@@H](C)C1CCC2C3C(Oc4ccc(C(=O)C(F)(F)F)cc4)CC4CC(Oc5ccc(C(=O)C(F)(F)F)cc5)CC[C@]4(C)C3CC(Oc3ccc(C(=O)C(F)(F)F)cc3)[C@@]21C. The third kappa shape index (κ3) is 15.4. The fourth-order valence-corrected chi connectivity index (χ4v) is 14.8. The third-order valence-electron chi connectivity index (χ3n) is 19.2. The van der Waals surface area contributed by atoms with E-state index in [9.17, 15) is 58.7 Å². The molecular weight excluding hydrogens is 1070 g/mol. The van der Waals surface area contributed by atoms with Crippen LogP contribution in [-0.2, 0) is 4.79 Å². The lowest BCUT2D eigenvalue weighted by Gasteiger charge is -2.64. The molecule has 3 aromatic rings. The fraction of sp³-hybridized carbons (Fsp3) is 0.656. The number of benzene rings is 3. The van der Waals surface area contributed by atoms with Gasteiger partial charge in [0.2, 0.25) is 5.91 Å². The number of Topliss-reactive ketones (excluding diaryl/α,β-unsaturated/α-hetero) is 3. The highest BCUT2D eigenvalue weighted by Crippen LogP contribution is 2.69. The first kappa shape index (κ1) is 63.5. The minimum Gasteiger partial charge on any atom is -0.490 e. The first-order valence-electron chi connectivity index (χ1n) is 29.7. The highest BCUT2D eigenvalue weighted by Gasteiger charge is 2.67. The van der Waals surface area contributed by atoms with Gasteiger partial charge in [-0.05, 0) is 172 Å². The number of unbranched alkanes of at least 4 members (excludes halogenated alkanes) is 10. The average molecular weight is 1150 g/mol. The summed E-state index contributed by atoms with van der Waals surface area (Å²) in [5.74, 6) is -5.29. The molecule has 7 rings (SSSR count). The van der Waals surface area contributed by atoms with Crippen molar-refractivity contribution in [2.75, 3.05) is 13.1 Å². The van der Waals surface area contributed by atoms with Crippen LogP contribution >= 0.6 is 0 Å². The van der Waals surface area contributed by atoms with Crippen molar-refractivity contribution in [3.05, 3.63) is 89.5 Å². The van der Waals surface area contributed by atoms with Crippen molar-refractivity contribution in [3.63, 3.8) is 0 Å². The summed E-state index contributed by atoms with van der Waals surface area (Å²) in [6, 6.07) is 14.9. The van der Waals surface area contributed by atoms with Crippen LogP contribution in [0.1, 0.15) is 201 Å². The molecule has 4 aliphatic rings. The zero-order chi connectivity index (χ0) is 58.9. The number of halogens is 9. The number of hydrogen-bond donors (Lipinski definition) is 0. The second-order valence-corrected chi connectivity index (χ2v) is 24.3. The number of ether oxygens (including phenoxy) is 3. The van der Waals surface area contributed by atoms with Crippen LogP contribution in [0.5, 0.6) is 17.2 Å². The van der Waals surface area contributed by atoms with Gasteiger partial charge >= 0.3 is 18.5 Å². The molecule has 11 atom stereocenters. The first-order chi connectivity index (χ1) is 38.3. The summed E-state index contributed by atoms with van der Waals surface area (Å²) in [7, 11) is 0. The predicted molar refractivity (Wildman–Crippen MR) is 291 cm³/mol. The van der Waals surface area contributed by atoms with E-state index in [0.717, 1.165) is 114 Å². The summed E-state index contributed by atoms with van der Waals surface area (Å²) in [6.45, 7) is 12.5. The highest BCUT2D eigenvalue weighted by molar-refractivity contribution is 6.01. The Morgan fingerprint density at radius 2 is 1.00 bits per heavy atom. The Morgan fingerprint density at radius 1 is 0.556 bits per heavy atom. The Balaban J connectivity index is 1.20. The molecule has 4 fully saturated rings. The van der Waals surface area contributed by atoms with Gasteiger partial charge in [-0.25, -0.2) is 0 Å². The minimum atomic E-state index is -5.08. The Morgan fingerprint density at radius 3 is 1.47 bits per heavy atom. The monoisotopic (exact) mass is 1150 g/mol. The van der Waals surface area contributed by atoms with Gasteiger partial charge in [0.05, 0.1) is 6.10 Å². The van der Waals surface area contributed by atoms with Gasteiger partial charge < -0.3 is 19.1 Å². The summed E-state index contributed by atoms with van der Waals surface area (Å²) >= 11 is 0. The molecule has 4 saturated carbocycles. The second kappa shape index (κ2) is 27.1. The smallest absolute Gasteiger partial charge is 0.454 e. The normalized spacial score (nSPS) is 26.8. The zero-order valence-electron chi connectivity index (χ0n) is 47.6. The number of hydrogen-bond acceptors (Lipinski definition) is 7. The Hall–Kier alpha value is -5.09. The van der Waals surface area contributed by atoms with E-state index in [4.69, 9.17) is 14.2 Å². The summed E-state index contributed by atoms with van der Waals surface area (Å²) in [6.07, 6.45) is 2.05. The molecule has 0 aromatic heterocycles. The maximum absolute atomic E-state index is 14.3. The maximum Gasteiger partial charge on any atom is 0.454 e. The van der Waals surface area contributed by atoms with Gasteiger partial charge in [-0.15, -0.1) is 0 Å². The summed E-state index contributed by atoms with van der Waals surface area (Å²) in [4.78, 5) is 52.9. The lowest BCUT2D eigenvalue weighted by atomic mass is 9.43. The van der Waals surface area contributed by atoms with Crippen molar-refractivity contribution in [2.24, 2.45) is 46.3 Å². The Labute approximate surface area is 472 Å². The summed E-state index contributed by atoms with van der Waals surface area (Å²) in [5, 5.41) is 0. The van der Waals surface area contributed by atoms with Crippen LogP contribution in [0.25, 0.3) is 0 Å². The predicted octanol–water partition coefficient (Wildman–Crippen LogP) is 17.4. The number of carbonyl (C=O) groups is 4. The van der Waals surface area contributed by atoms with E-state index in [-0.39, 0.29) is 58.7 Å². The summed E-state index contributed by atoms with van der Waals surface area (Å²) in [5.41, 5.74) is -2.56. The first-order valence-corrected chi connectivity index (χ1v) is 29.7. The summed E-state index contributed by atoms with van der Waals surface area (Å²) < 4.78 is 142. The van der Waals surface area contributed by atoms with E-state index in [0.29, 0.717) is 56.4 Å². The van der Waals surface area contributed by atoms with E-state index in [1.807, 2.05) is 0 Å². The van der Waals surface area contributed by atoms with Crippen molar-refractivity contribution < 1.29 is 72.9 Å². The second-order valence-electron chi connectivity index (χ2n) is 24.3. The Bertz CT molecular complexity index is 2530. The number of fused-ring (bicyclic) bond motifs is 5. The van der Waals surface area contributed by atoms with Crippen LogP contribution in [0.2, 0.25) is 0 Å². The van der Waals surface area contributed by atoms with Gasteiger partial charge in [-0.1, -0.05) is 98.8 Å². The van der Waals surface area contributed by atoms with Crippen LogP contribution in [0.4, 0.5) is 39.5 Å². The number of rotatable bonds is 27. The Kier molecular flexibility index (Phi) is 21.2. The molecule has 0 saturated heterocycles. The highest BCUT2D eigenvalue weighted by atomic mass is 19.4. The van der Waals surface area contributed by atoms with E-state index in [1.54, 1.807) is 0 Å². The molecule has 0 heterocycles. The molecule has 0 aliphatic heterocycles. The molecule has 3 aromatic carbocycles. The standard InChI is InChI=1S/C64H82F9NO7/c1-6-8-10-12-14-16-36-74(37-17-15-13-11-9-7-2)55(75)33-18-41(3)50-31-32-51-56-52(40-54(61(50,51)5)81-48-29-23-44(24-30-48)59(78)64(71,72)73)60(4)35-34-49(79-46-25-19-42(20-26-46)57(76)62(65,66)67)38-45(60)39-53(56)80-47-27-21-43(22-28-47)58(77)63(68,69)70/h19-30,41,45,49-54,56H,6-18,31-40H2,1-5H3/t41-,45?,49?,50?,51?,52?,53?,54?,56?,60+,61-/m1/s1. The third-order valence-corrected chi connectivity index (χ3v) is 19.2. The molecule has 0 spiro atoms. The van der Waals surface area contributed by atoms with Crippen molar-refractivity contribution in [1.29, 1.82) is 0 Å². The zero-order valence-corrected chi connectivity index (χ0v) is 47.6. The van der Waals surface area contributed by atoms with Gasteiger partial charge in [0.1, 0.15) is 29.5 Å². The molecule has 8 nitrogen and oxygen atoms in total. The van der Waals surface area contributed by atoms with E-state index in [1.165, 1.54) is 62.1 Å². The number of carbonyl (C=O) groups excluding carboxylic acids is 4. The number of amides is 1. The molecule has 81 heavy (non-hydrogen) atoms. The van der Waals surface area contributed by atoms with Gasteiger partial charge in [-0.3, -0.25) is 19.2 Å². The topological polar surface area (TPSA) is 99.2 Å². The van der Waals surface area contributed by atoms with Gasteiger partial charge in [-0.2, -0.15) is 39.5 Å². The van der Waals surface area contributed by atoms with Crippen molar-refractivity contribution in [2.45, 2.75) is 206 Å². The fourth-order valence-electron chi connectivity index (χ4n) is 14.8. The number of nitrogens with zero attached hydrogens (tertiary/aromatic N) is 1. The number of alkyl halides is 9. The van der Waals surface area contributed by atoms with Crippen LogP contribution in [-0.4, -0.2) is 78.1 Å². The van der Waals surface area contributed by atoms with E-state index in [2.05, 4.69) is 39.5 Å². The molecule has 0 N–H and O–H groups in total. The molecule has 17 heteroatoms. The maximum atomic E-state index is 14.3. The molecule has 448 valence electrons. The van der Waals surface area contributed by atoms with Crippen molar-refractivity contribution >= 4 is 23.3 Å². The van der Waals surface area contributed by atoms with E-state index >= 15 is 0 Å². The quantitative estimate of drug-likeness (QED) is 0.0426. The molecule has 0 bridgehead atoms. The lowest BCUT2D eigenvalue weighted by molar-refractivity contribution is -0.196. The van der Waals surface area contributed by atoms with Crippen LogP contribution < -0.4 is 14.2 Å². The van der Waals surface area contributed by atoms with Crippen LogP contribution in [0, 0.1) is 46.3 Å². The molecule has 4 aliphatic carbocycles. The average Bonchev–Trinajstić information content (AvgIpc) is 4.07. The van der Waals surface area contributed by atoms with Crippen LogP contribution in [0.15, 0.2) is 72.8 Å². The molecule has 8 unspecified atom stereocenters.